The summed E-state index contributed by atoms with van der Waals surface area (Å²) in [6, 6.07) is 8.43. The first-order valence-corrected chi connectivity index (χ1v) is 16.7. The van der Waals surface area contributed by atoms with E-state index in [4.69, 9.17) is 26.6 Å². The fourth-order valence-electron chi connectivity index (χ4n) is 4.30. The van der Waals surface area contributed by atoms with Crippen molar-refractivity contribution in [2.24, 2.45) is 0 Å². The minimum atomic E-state index is -2.90. The van der Waals surface area contributed by atoms with Gasteiger partial charge in [-0.05, 0) is 59.2 Å². The Labute approximate surface area is 216 Å². The molecule has 35 heavy (non-hydrogen) atoms. The molecule has 2 atom stereocenters. The first kappa shape index (κ1) is 32.0. The van der Waals surface area contributed by atoms with Crippen LogP contribution in [0.1, 0.15) is 61.0 Å². The normalized spacial score (nSPS) is 14.1. The Balaban J connectivity index is 3.38. The van der Waals surface area contributed by atoms with Crippen molar-refractivity contribution in [3.05, 3.63) is 36.4 Å². The maximum Gasteiger partial charge on any atom is 0.505 e. The van der Waals surface area contributed by atoms with Crippen molar-refractivity contribution in [2.45, 2.75) is 66.5 Å². The first-order chi connectivity index (χ1) is 16.8. The van der Waals surface area contributed by atoms with Crippen LogP contribution in [0.4, 0.5) is 5.69 Å². The molecule has 1 aromatic carbocycles. The van der Waals surface area contributed by atoms with Gasteiger partial charge in [-0.1, -0.05) is 38.6 Å². The highest BCUT2D eigenvalue weighted by Crippen LogP contribution is 2.33. The Kier molecular flexibility index (Phi) is 15.2. The third-order valence-electron chi connectivity index (χ3n) is 5.76. The van der Waals surface area contributed by atoms with Crippen LogP contribution in [0, 0.1) is 0 Å². The fourth-order valence-corrected chi connectivity index (χ4v) is 9.81. The van der Waals surface area contributed by atoms with E-state index in [9.17, 15) is 0 Å². The van der Waals surface area contributed by atoms with Crippen molar-refractivity contribution in [1.82, 2.24) is 0 Å². The molecule has 9 heteroatoms. The molecule has 2 unspecified atom stereocenters. The predicted octanol–water partition coefficient (Wildman–Crippen LogP) is 6.01. The molecule has 0 saturated heterocycles. The summed E-state index contributed by atoms with van der Waals surface area (Å²) < 4.78 is 37.3. The topological polar surface area (TPSA) is 58.6 Å². The Morgan fingerprint density at radius 3 is 1.23 bits per heavy atom. The summed E-state index contributed by atoms with van der Waals surface area (Å²) in [5.74, 6) is 0. The molecule has 0 spiro atoms. The fraction of sp³-hybridized carbons (Fsp3) is 0.692. The molecule has 0 aliphatic carbocycles. The van der Waals surface area contributed by atoms with Gasteiger partial charge in [0, 0.05) is 69.5 Å². The van der Waals surface area contributed by atoms with E-state index in [1.807, 2.05) is 47.6 Å². The average molecular weight is 528 g/mol. The molecule has 1 aromatic rings. The summed E-state index contributed by atoms with van der Waals surface area (Å²) in [5.41, 5.74) is 2.29. The average Bonchev–Trinajstić information content (AvgIpc) is 2.84. The molecule has 0 amide bonds. The lowest BCUT2D eigenvalue weighted by molar-refractivity contribution is 0.0616. The summed E-state index contributed by atoms with van der Waals surface area (Å²) in [5, 5.41) is 0. The van der Waals surface area contributed by atoms with E-state index in [0.29, 0.717) is 52.7 Å². The highest BCUT2D eigenvalue weighted by molar-refractivity contribution is 6.63. The molecular weight excluding hydrogens is 478 g/mol. The van der Waals surface area contributed by atoms with Gasteiger partial charge in [0.25, 0.3) is 0 Å². The predicted molar refractivity (Wildman–Crippen MR) is 149 cm³/mol. The first-order valence-electron chi connectivity index (χ1n) is 13.1. The maximum absolute atomic E-state index is 6.22. The number of hydrogen-bond acceptors (Lipinski definition) is 7. The van der Waals surface area contributed by atoms with Gasteiger partial charge in [-0.3, -0.25) is 0 Å². The van der Waals surface area contributed by atoms with Crippen LogP contribution < -0.4 is 4.90 Å². The van der Waals surface area contributed by atoms with Gasteiger partial charge in [0.05, 0.1) is 0 Å². The Morgan fingerprint density at radius 2 is 0.971 bits per heavy atom. The minimum Gasteiger partial charge on any atom is -0.374 e. The summed E-state index contributed by atoms with van der Waals surface area (Å²) in [4.78, 5) is 2.36. The smallest absolute Gasteiger partial charge is 0.374 e. The van der Waals surface area contributed by atoms with E-state index >= 15 is 0 Å². The van der Waals surface area contributed by atoms with Crippen molar-refractivity contribution < 1.29 is 26.6 Å². The molecule has 0 N–H and O–H groups in total. The van der Waals surface area contributed by atoms with Crippen LogP contribution >= 0.6 is 0 Å². The number of benzene rings is 1. The summed E-state index contributed by atoms with van der Waals surface area (Å²) in [6.45, 7) is 24.9. The van der Waals surface area contributed by atoms with Gasteiger partial charge in [-0.15, -0.1) is 0 Å². The molecule has 0 fully saturated rings. The van der Waals surface area contributed by atoms with E-state index in [2.05, 4.69) is 49.6 Å². The second-order valence-corrected chi connectivity index (χ2v) is 14.4. The van der Waals surface area contributed by atoms with Crippen LogP contribution in [0.3, 0.4) is 0 Å². The van der Waals surface area contributed by atoms with Crippen molar-refractivity contribution in [1.29, 1.82) is 0 Å². The standard InChI is InChI=1S/C26H49NO6Si2/c1-10-25-17-19-26(20-18-25)27(21-23(8)34(28-11-2,29-12-3)30-13-4)22-24(9)35(31-14-5,32-15-6)33-16-7/h10,17-20,23-24H,1,11-16,21-22H2,2-9H3. The molecule has 0 aliphatic rings. The lowest BCUT2D eigenvalue weighted by Gasteiger charge is -2.40. The van der Waals surface area contributed by atoms with Gasteiger partial charge in [-0.25, -0.2) is 0 Å². The quantitative estimate of drug-likeness (QED) is 0.192. The second-order valence-electron chi connectivity index (χ2n) is 8.31. The van der Waals surface area contributed by atoms with E-state index in [0.717, 1.165) is 11.3 Å². The lowest BCUT2D eigenvalue weighted by atomic mass is 10.2. The summed E-state index contributed by atoms with van der Waals surface area (Å²) in [6.07, 6.45) is 1.85. The largest absolute Gasteiger partial charge is 0.505 e. The third kappa shape index (κ3) is 9.08. The third-order valence-corrected chi connectivity index (χ3v) is 12.7. The Bertz CT molecular complexity index is 638. The SMILES string of the molecule is C=Cc1ccc(N(CC(C)[Si](OCC)(OCC)OCC)CC(C)[Si](OCC)(OCC)OCC)cc1. The molecule has 0 heterocycles. The van der Waals surface area contributed by atoms with E-state index in [1.165, 1.54) is 0 Å². The van der Waals surface area contributed by atoms with Crippen molar-refractivity contribution in [3.8, 4) is 0 Å². The van der Waals surface area contributed by atoms with Crippen LogP contribution in [0.25, 0.3) is 6.08 Å². The van der Waals surface area contributed by atoms with Crippen LogP contribution in [-0.2, 0) is 26.6 Å². The van der Waals surface area contributed by atoms with Gasteiger partial charge in [0.2, 0.25) is 0 Å². The monoisotopic (exact) mass is 527 g/mol. The van der Waals surface area contributed by atoms with Crippen LogP contribution in [0.15, 0.2) is 30.8 Å². The number of hydrogen-bond donors (Lipinski definition) is 0. The molecule has 7 nitrogen and oxygen atoms in total. The molecule has 202 valence electrons. The molecular formula is C26H49NO6Si2. The minimum absolute atomic E-state index is 0.0518. The van der Waals surface area contributed by atoms with Crippen molar-refractivity contribution >= 4 is 29.4 Å². The molecule has 0 radical (unpaired) electrons. The van der Waals surface area contributed by atoms with Gasteiger partial charge < -0.3 is 31.5 Å². The molecule has 1 rings (SSSR count). The zero-order valence-electron chi connectivity index (χ0n) is 23.3. The van der Waals surface area contributed by atoms with Gasteiger partial charge in [-0.2, -0.15) is 0 Å². The maximum atomic E-state index is 6.22. The van der Waals surface area contributed by atoms with Crippen molar-refractivity contribution in [3.63, 3.8) is 0 Å². The number of nitrogens with zero attached hydrogens (tertiary/aromatic N) is 1. The van der Waals surface area contributed by atoms with Crippen LogP contribution in [0.2, 0.25) is 11.1 Å². The Hall–Kier alpha value is -1.05. The molecule has 0 aliphatic heterocycles. The van der Waals surface area contributed by atoms with Gasteiger partial charge in [0.15, 0.2) is 0 Å². The van der Waals surface area contributed by atoms with E-state index in [1.54, 1.807) is 0 Å². The van der Waals surface area contributed by atoms with Crippen LogP contribution in [-0.4, -0.2) is 70.3 Å². The van der Waals surface area contributed by atoms with Gasteiger partial charge in [0.1, 0.15) is 0 Å². The molecule has 0 aromatic heterocycles. The van der Waals surface area contributed by atoms with Gasteiger partial charge >= 0.3 is 17.6 Å². The van der Waals surface area contributed by atoms with Crippen molar-refractivity contribution in [2.75, 3.05) is 57.6 Å². The summed E-state index contributed by atoms with van der Waals surface area (Å²) >= 11 is 0. The number of rotatable bonds is 20. The molecule has 0 saturated carbocycles. The molecule has 0 bridgehead atoms. The zero-order valence-corrected chi connectivity index (χ0v) is 25.3. The lowest BCUT2D eigenvalue weighted by Crippen LogP contribution is -2.55. The number of anilines is 1. The van der Waals surface area contributed by atoms with Crippen LogP contribution in [0.5, 0.6) is 0 Å². The highest BCUT2D eigenvalue weighted by atomic mass is 28.4. The highest BCUT2D eigenvalue weighted by Gasteiger charge is 2.50. The van der Waals surface area contributed by atoms with E-state index in [-0.39, 0.29) is 11.1 Å². The zero-order chi connectivity index (χ0) is 26.3. The van der Waals surface area contributed by atoms with E-state index < -0.39 is 17.6 Å². The Morgan fingerprint density at radius 1 is 0.657 bits per heavy atom. The summed E-state index contributed by atoms with van der Waals surface area (Å²) in [7, 11) is -5.79. The second kappa shape index (κ2) is 16.7.